The summed E-state index contributed by atoms with van der Waals surface area (Å²) < 4.78 is 5.41. The topological polar surface area (TPSA) is 41.6 Å². The van der Waals surface area contributed by atoms with Crippen LogP contribution in [0.15, 0.2) is 36.4 Å². The maximum Gasteiger partial charge on any atom is 0.228 e. The van der Waals surface area contributed by atoms with E-state index in [-0.39, 0.29) is 5.91 Å². The van der Waals surface area contributed by atoms with Crippen LogP contribution in [0.4, 0.5) is 11.4 Å². The zero-order chi connectivity index (χ0) is 17.8. The third kappa shape index (κ3) is 4.53. The monoisotopic (exact) mass is 358 g/mol. The van der Waals surface area contributed by atoms with E-state index in [1.165, 1.54) is 11.1 Å². The van der Waals surface area contributed by atoms with Crippen LogP contribution < -0.4 is 10.2 Å². The molecule has 0 aromatic heterocycles. The quantitative estimate of drug-likeness (QED) is 0.899. The van der Waals surface area contributed by atoms with Crippen LogP contribution in [0.5, 0.6) is 0 Å². The van der Waals surface area contributed by atoms with Gasteiger partial charge < -0.3 is 15.0 Å². The molecule has 1 aliphatic heterocycles. The molecule has 5 heteroatoms. The molecule has 3 rings (SSSR count). The van der Waals surface area contributed by atoms with Gasteiger partial charge in [0.1, 0.15) is 0 Å². The predicted octanol–water partition coefficient (Wildman–Crippen LogP) is 3.97. The van der Waals surface area contributed by atoms with E-state index in [4.69, 9.17) is 16.3 Å². The summed E-state index contributed by atoms with van der Waals surface area (Å²) >= 11 is 6.14. The maximum atomic E-state index is 12.5. The van der Waals surface area contributed by atoms with Crippen molar-refractivity contribution in [1.29, 1.82) is 0 Å². The number of nitrogens with zero attached hydrogens (tertiary/aromatic N) is 1. The van der Waals surface area contributed by atoms with Crippen molar-refractivity contribution in [3.8, 4) is 0 Å². The lowest BCUT2D eigenvalue weighted by Gasteiger charge is -2.30. The molecule has 0 radical (unpaired) electrons. The molecular formula is C20H23ClN2O2. The Hall–Kier alpha value is -2.04. The van der Waals surface area contributed by atoms with Gasteiger partial charge in [-0.2, -0.15) is 0 Å². The van der Waals surface area contributed by atoms with Crippen LogP contribution in [0.1, 0.15) is 16.7 Å². The Bertz CT molecular complexity index is 770. The van der Waals surface area contributed by atoms with Gasteiger partial charge in [0.05, 0.1) is 31.0 Å². The number of anilines is 2. The van der Waals surface area contributed by atoms with E-state index < -0.39 is 0 Å². The van der Waals surface area contributed by atoms with Crippen LogP contribution >= 0.6 is 11.6 Å². The van der Waals surface area contributed by atoms with Gasteiger partial charge in [-0.1, -0.05) is 29.8 Å². The summed E-state index contributed by atoms with van der Waals surface area (Å²) in [5.41, 5.74) is 5.18. The number of halogens is 1. The van der Waals surface area contributed by atoms with Gasteiger partial charge in [-0.05, 0) is 48.7 Å². The lowest BCUT2D eigenvalue weighted by atomic mass is 10.0. The number of hydrogen-bond acceptors (Lipinski definition) is 3. The first-order valence-corrected chi connectivity index (χ1v) is 8.89. The third-order valence-electron chi connectivity index (χ3n) is 4.52. The van der Waals surface area contributed by atoms with E-state index in [1.54, 1.807) is 0 Å². The minimum absolute atomic E-state index is 0.0416. The Morgan fingerprint density at radius 1 is 1.12 bits per heavy atom. The molecule has 1 heterocycles. The van der Waals surface area contributed by atoms with Crippen molar-refractivity contribution in [3.63, 3.8) is 0 Å². The summed E-state index contributed by atoms with van der Waals surface area (Å²) in [5.74, 6) is -0.0416. The fourth-order valence-corrected chi connectivity index (χ4v) is 3.15. The molecule has 0 spiro atoms. The van der Waals surface area contributed by atoms with Gasteiger partial charge in [-0.15, -0.1) is 0 Å². The second-order valence-electron chi connectivity index (χ2n) is 6.40. The summed E-state index contributed by atoms with van der Waals surface area (Å²) in [6.07, 6.45) is 0.343. The molecule has 0 atom stereocenters. The van der Waals surface area contributed by atoms with E-state index >= 15 is 0 Å². The third-order valence-corrected chi connectivity index (χ3v) is 4.76. The molecule has 2 aromatic carbocycles. The number of nitrogens with one attached hydrogen (secondary N) is 1. The number of rotatable bonds is 4. The van der Waals surface area contributed by atoms with Gasteiger partial charge in [0.25, 0.3) is 0 Å². The fourth-order valence-electron chi connectivity index (χ4n) is 2.98. The molecule has 1 saturated heterocycles. The molecule has 1 aliphatic rings. The average molecular weight is 359 g/mol. The summed E-state index contributed by atoms with van der Waals surface area (Å²) in [6.45, 7) is 7.13. The van der Waals surface area contributed by atoms with E-state index in [0.717, 1.165) is 30.0 Å². The van der Waals surface area contributed by atoms with Crippen LogP contribution in [0.3, 0.4) is 0 Å². The van der Waals surface area contributed by atoms with E-state index in [0.29, 0.717) is 24.7 Å². The number of amides is 1. The number of aryl methyl sites for hydroxylation is 2. The first-order valence-electron chi connectivity index (χ1n) is 8.51. The van der Waals surface area contributed by atoms with Crippen LogP contribution in [0.2, 0.25) is 5.02 Å². The van der Waals surface area contributed by atoms with Gasteiger partial charge >= 0.3 is 0 Å². The zero-order valence-electron chi connectivity index (χ0n) is 14.6. The predicted molar refractivity (Wildman–Crippen MR) is 103 cm³/mol. The largest absolute Gasteiger partial charge is 0.378 e. The molecule has 25 heavy (non-hydrogen) atoms. The highest BCUT2D eigenvalue weighted by molar-refractivity contribution is 6.31. The summed E-state index contributed by atoms with van der Waals surface area (Å²) in [6, 6.07) is 11.7. The smallest absolute Gasteiger partial charge is 0.228 e. The molecule has 0 unspecified atom stereocenters. The Kier molecular flexibility index (Phi) is 5.61. The molecule has 0 saturated carbocycles. The van der Waals surface area contributed by atoms with Crippen LogP contribution in [-0.4, -0.2) is 32.2 Å². The standard InChI is InChI=1S/C20H23ClN2O2/c1-14-3-4-16(11-15(14)2)12-20(24)22-18-13-17(21)5-6-19(18)23-7-9-25-10-8-23/h3-6,11,13H,7-10,12H2,1-2H3,(H,22,24). The maximum absolute atomic E-state index is 12.5. The Morgan fingerprint density at radius 2 is 1.88 bits per heavy atom. The minimum atomic E-state index is -0.0416. The first kappa shape index (κ1) is 17.8. The molecule has 4 nitrogen and oxygen atoms in total. The highest BCUT2D eigenvalue weighted by Crippen LogP contribution is 2.30. The second kappa shape index (κ2) is 7.89. The Morgan fingerprint density at radius 3 is 2.60 bits per heavy atom. The number of ether oxygens (including phenoxy) is 1. The second-order valence-corrected chi connectivity index (χ2v) is 6.84. The lowest BCUT2D eigenvalue weighted by molar-refractivity contribution is -0.115. The van der Waals surface area contributed by atoms with E-state index in [9.17, 15) is 4.79 Å². The number of carbonyl (C=O) groups is 1. The molecule has 0 aliphatic carbocycles. The zero-order valence-corrected chi connectivity index (χ0v) is 15.4. The molecule has 2 aromatic rings. The number of benzene rings is 2. The molecular weight excluding hydrogens is 336 g/mol. The molecule has 1 amide bonds. The summed E-state index contributed by atoms with van der Waals surface area (Å²) in [7, 11) is 0. The molecule has 0 bridgehead atoms. The lowest BCUT2D eigenvalue weighted by Crippen LogP contribution is -2.36. The van der Waals surface area contributed by atoms with Gasteiger partial charge in [0.2, 0.25) is 5.91 Å². The van der Waals surface area contributed by atoms with Crippen molar-refractivity contribution in [2.24, 2.45) is 0 Å². The van der Waals surface area contributed by atoms with Crippen molar-refractivity contribution < 1.29 is 9.53 Å². The van der Waals surface area contributed by atoms with Crippen molar-refractivity contribution >= 4 is 28.9 Å². The highest BCUT2D eigenvalue weighted by Gasteiger charge is 2.16. The highest BCUT2D eigenvalue weighted by atomic mass is 35.5. The average Bonchev–Trinajstić information content (AvgIpc) is 2.59. The first-order chi connectivity index (χ1) is 12.0. The van der Waals surface area contributed by atoms with E-state index in [1.807, 2.05) is 24.3 Å². The molecule has 1 fully saturated rings. The van der Waals surface area contributed by atoms with Gasteiger partial charge in [-0.3, -0.25) is 4.79 Å². The molecule has 132 valence electrons. The van der Waals surface area contributed by atoms with Crippen LogP contribution in [0.25, 0.3) is 0 Å². The fraction of sp³-hybridized carbons (Fsp3) is 0.350. The van der Waals surface area contributed by atoms with Crippen molar-refractivity contribution in [2.45, 2.75) is 20.3 Å². The van der Waals surface area contributed by atoms with Crippen molar-refractivity contribution in [2.75, 3.05) is 36.5 Å². The number of morpholine rings is 1. The van der Waals surface area contributed by atoms with E-state index in [2.05, 4.69) is 36.2 Å². The van der Waals surface area contributed by atoms with Crippen LogP contribution in [-0.2, 0) is 16.0 Å². The van der Waals surface area contributed by atoms with Crippen molar-refractivity contribution in [3.05, 3.63) is 58.1 Å². The molecule has 1 N–H and O–H groups in total. The van der Waals surface area contributed by atoms with Crippen molar-refractivity contribution in [1.82, 2.24) is 0 Å². The van der Waals surface area contributed by atoms with Gasteiger partial charge in [0, 0.05) is 18.1 Å². The SMILES string of the molecule is Cc1ccc(CC(=O)Nc2cc(Cl)ccc2N2CCOCC2)cc1C. The Balaban J connectivity index is 1.75. The summed E-state index contributed by atoms with van der Waals surface area (Å²) in [4.78, 5) is 14.7. The number of carbonyl (C=O) groups excluding carboxylic acids is 1. The summed E-state index contributed by atoms with van der Waals surface area (Å²) in [5, 5.41) is 3.64. The number of hydrogen-bond donors (Lipinski definition) is 1. The Labute approximate surface area is 153 Å². The van der Waals surface area contributed by atoms with Gasteiger partial charge in [-0.25, -0.2) is 0 Å². The normalized spacial score (nSPS) is 14.4. The van der Waals surface area contributed by atoms with Crippen LogP contribution in [0, 0.1) is 13.8 Å². The van der Waals surface area contributed by atoms with Gasteiger partial charge in [0.15, 0.2) is 0 Å². The minimum Gasteiger partial charge on any atom is -0.378 e.